The Morgan fingerprint density at radius 1 is 1.14 bits per heavy atom. The van der Waals surface area contributed by atoms with E-state index in [1.807, 2.05) is 54.6 Å². The SMILES string of the molecule is C=CCOc1ccc(/C=C/C(=O)O[C@H](C)c2nnc(-c3ccccc3)o2)cc1. The molecule has 0 N–H and O–H groups in total. The van der Waals surface area contributed by atoms with E-state index in [2.05, 4.69) is 16.8 Å². The summed E-state index contributed by atoms with van der Waals surface area (Å²) in [7, 11) is 0. The Balaban J connectivity index is 1.56. The molecule has 0 bridgehead atoms. The van der Waals surface area contributed by atoms with Crippen LogP contribution in [0.5, 0.6) is 5.75 Å². The Morgan fingerprint density at radius 2 is 1.89 bits per heavy atom. The molecular weight excluding hydrogens is 356 g/mol. The van der Waals surface area contributed by atoms with Gasteiger partial charge < -0.3 is 13.9 Å². The number of hydrogen-bond acceptors (Lipinski definition) is 6. The predicted octanol–water partition coefficient (Wildman–Crippen LogP) is 4.62. The summed E-state index contributed by atoms with van der Waals surface area (Å²) in [6.07, 6.45) is 4.04. The quantitative estimate of drug-likeness (QED) is 0.324. The molecule has 142 valence electrons. The summed E-state index contributed by atoms with van der Waals surface area (Å²) in [6, 6.07) is 16.7. The van der Waals surface area contributed by atoms with Crippen LogP contribution in [-0.2, 0) is 9.53 Å². The van der Waals surface area contributed by atoms with E-state index in [4.69, 9.17) is 13.9 Å². The van der Waals surface area contributed by atoms with Gasteiger partial charge in [-0.3, -0.25) is 0 Å². The molecule has 28 heavy (non-hydrogen) atoms. The Bertz CT molecular complexity index is 946. The van der Waals surface area contributed by atoms with Crippen molar-refractivity contribution in [2.75, 3.05) is 6.61 Å². The van der Waals surface area contributed by atoms with Crippen LogP contribution in [0.4, 0.5) is 0 Å². The molecule has 0 aliphatic rings. The summed E-state index contributed by atoms with van der Waals surface area (Å²) in [6.45, 7) is 5.73. The fourth-order valence-corrected chi connectivity index (χ4v) is 2.35. The molecule has 1 aromatic heterocycles. The van der Waals surface area contributed by atoms with Gasteiger partial charge in [0.05, 0.1) is 0 Å². The molecule has 0 aliphatic heterocycles. The van der Waals surface area contributed by atoms with Crippen LogP contribution in [0.2, 0.25) is 0 Å². The number of benzene rings is 2. The van der Waals surface area contributed by atoms with Crippen LogP contribution in [0.3, 0.4) is 0 Å². The molecule has 0 spiro atoms. The molecule has 1 heterocycles. The van der Waals surface area contributed by atoms with Crippen LogP contribution in [-0.4, -0.2) is 22.8 Å². The number of carbonyl (C=O) groups is 1. The number of aromatic nitrogens is 2. The highest BCUT2D eigenvalue weighted by atomic mass is 16.6. The number of nitrogens with zero attached hydrogens (tertiary/aromatic N) is 2. The summed E-state index contributed by atoms with van der Waals surface area (Å²) in [4.78, 5) is 12.1. The van der Waals surface area contributed by atoms with Gasteiger partial charge in [0.1, 0.15) is 12.4 Å². The van der Waals surface area contributed by atoms with Crippen molar-refractivity contribution in [2.45, 2.75) is 13.0 Å². The Morgan fingerprint density at radius 3 is 2.61 bits per heavy atom. The molecule has 2 aromatic carbocycles. The van der Waals surface area contributed by atoms with Gasteiger partial charge in [0.25, 0.3) is 5.89 Å². The first kappa shape index (κ1) is 19.1. The summed E-state index contributed by atoms with van der Waals surface area (Å²) >= 11 is 0. The maximum absolute atomic E-state index is 12.1. The van der Waals surface area contributed by atoms with Gasteiger partial charge in [-0.25, -0.2) is 4.79 Å². The molecule has 0 amide bonds. The topological polar surface area (TPSA) is 74.5 Å². The van der Waals surface area contributed by atoms with Gasteiger partial charge in [-0.15, -0.1) is 10.2 Å². The standard InChI is InChI=1S/C22H20N2O4/c1-3-15-26-19-12-9-17(10-13-19)11-14-20(25)27-16(2)21-23-24-22(28-21)18-7-5-4-6-8-18/h3-14,16H,1,15H2,2H3/b14-11+/t16-/m1/s1. The third-order valence-electron chi connectivity index (χ3n) is 3.76. The second kappa shape index (κ2) is 9.32. The van der Waals surface area contributed by atoms with Gasteiger partial charge in [-0.2, -0.15) is 0 Å². The third kappa shape index (κ3) is 5.17. The van der Waals surface area contributed by atoms with E-state index in [0.717, 1.165) is 16.9 Å². The van der Waals surface area contributed by atoms with Crippen LogP contribution in [0.1, 0.15) is 24.5 Å². The summed E-state index contributed by atoms with van der Waals surface area (Å²) in [5, 5.41) is 7.95. The normalized spacial score (nSPS) is 11.9. The van der Waals surface area contributed by atoms with Gasteiger partial charge >= 0.3 is 5.97 Å². The molecule has 0 saturated heterocycles. The van der Waals surface area contributed by atoms with Crippen molar-refractivity contribution >= 4 is 12.0 Å². The molecule has 0 saturated carbocycles. The highest BCUT2D eigenvalue weighted by molar-refractivity contribution is 5.87. The summed E-state index contributed by atoms with van der Waals surface area (Å²) in [5.41, 5.74) is 1.65. The minimum atomic E-state index is -0.656. The molecule has 6 nitrogen and oxygen atoms in total. The maximum atomic E-state index is 12.1. The maximum Gasteiger partial charge on any atom is 0.331 e. The lowest BCUT2D eigenvalue weighted by atomic mass is 10.2. The number of rotatable bonds is 8. The summed E-state index contributed by atoms with van der Waals surface area (Å²) in [5.74, 6) is 0.856. The van der Waals surface area contributed by atoms with Gasteiger partial charge in [0, 0.05) is 11.6 Å². The number of esters is 1. The first-order chi connectivity index (χ1) is 13.7. The van der Waals surface area contributed by atoms with E-state index in [9.17, 15) is 4.79 Å². The lowest BCUT2D eigenvalue weighted by Crippen LogP contribution is -2.06. The molecule has 0 unspecified atom stereocenters. The first-order valence-corrected chi connectivity index (χ1v) is 8.77. The van der Waals surface area contributed by atoms with Crippen LogP contribution >= 0.6 is 0 Å². The zero-order chi connectivity index (χ0) is 19.8. The van der Waals surface area contributed by atoms with E-state index >= 15 is 0 Å². The average Bonchev–Trinajstić information content (AvgIpc) is 3.23. The van der Waals surface area contributed by atoms with Crippen molar-refractivity contribution in [3.63, 3.8) is 0 Å². The minimum Gasteiger partial charge on any atom is -0.490 e. The van der Waals surface area contributed by atoms with Crippen molar-refractivity contribution in [3.8, 4) is 17.2 Å². The van der Waals surface area contributed by atoms with Gasteiger partial charge in [-0.1, -0.05) is 43.0 Å². The average molecular weight is 376 g/mol. The summed E-state index contributed by atoms with van der Waals surface area (Å²) < 4.78 is 16.3. The molecule has 0 aliphatic carbocycles. The monoisotopic (exact) mass is 376 g/mol. The molecule has 6 heteroatoms. The number of hydrogen-bond donors (Lipinski definition) is 0. The highest BCUT2D eigenvalue weighted by Gasteiger charge is 2.17. The third-order valence-corrected chi connectivity index (χ3v) is 3.76. The van der Waals surface area contributed by atoms with Crippen molar-refractivity contribution in [1.29, 1.82) is 0 Å². The van der Waals surface area contributed by atoms with Crippen LogP contribution in [0.15, 0.2) is 77.7 Å². The lowest BCUT2D eigenvalue weighted by Gasteiger charge is -2.07. The first-order valence-electron chi connectivity index (χ1n) is 8.77. The molecular formula is C22H20N2O4. The fourth-order valence-electron chi connectivity index (χ4n) is 2.35. The van der Waals surface area contributed by atoms with Crippen molar-refractivity contribution in [1.82, 2.24) is 10.2 Å². The van der Waals surface area contributed by atoms with E-state index in [-0.39, 0.29) is 5.89 Å². The predicted molar refractivity (Wildman–Crippen MR) is 105 cm³/mol. The van der Waals surface area contributed by atoms with Crippen molar-refractivity contribution < 1.29 is 18.7 Å². The lowest BCUT2D eigenvalue weighted by molar-refractivity contribution is -0.143. The van der Waals surface area contributed by atoms with Crippen LogP contribution in [0, 0.1) is 0 Å². The highest BCUT2D eigenvalue weighted by Crippen LogP contribution is 2.22. The Labute approximate surface area is 163 Å². The van der Waals surface area contributed by atoms with Crippen molar-refractivity contribution in [3.05, 3.63) is 84.8 Å². The largest absolute Gasteiger partial charge is 0.490 e. The second-order valence-electron chi connectivity index (χ2n) is 5.89. The Kier molecular flexibility index (Phi) is 6.36. The van der Waals surface area contributed by atoms with E-state index in [1.165, 1.54) is 6.08 Å². The Hall–Kier alpha value is -3.67. The van der Waals surface area contributed by atoms with E-state index in [1.54, 1.807) is 19.1 Å². The molecule has 1 atom stereocenters. The minimum absolute atomic E-state index is 0.240. The molecule has 3 aromatic rings. The second-order valence-corrected chi connectivity index (χ2v) is 5.89. The fraction of sp³-hybridized carbons (Fsp3) is 0.136. The van der Waals surface area contributed by atoms with Crippen LogP contribution in [0.25, 0.3) is 17.5 Å². The molecule has 3 rings (SSSR count). The van der Waals surface area contributed by atoms with Crippen LogP contribution < -0.4 is 4.74 Å². The smallest absolute Gasteiger partial charge is 0.331 e. The molecule has 0 fully saturated rings. The van der Waals surface area contributed by atoms with Gasteiger partial charge in [0.2, 0.25) is 5.89 Å². The zero-order valence-electron chi connectivity index (χ0n) is 15.4. The molecule has 0 radical (unpaired) electrons. The van der Waals surface area contributed by atoms with Gasteiger partial charge in [0.15, 0.2) is 6.10 Å². The van der Waals surface area contributed by atoms with E-state index < -0.39 is 12.1 Å². The van der Waals surface area contributed by atoms with Crippen molar-refractivity contribution in [2.24, 2.45) is 0 Å². The zero-order valence-corrected chi connectivity index (χ0v) is 15.4. The number of carbonyl (C=O) groups excluding carboxylic acids is 1. The van der Waals surface area contributed by atoms with E-state index in [0.29, 0.717) is 12.5 Å². The van der Waals surface area contributed by atoms with Gasteiger partial charge in [-0.05, 0) is 42.8 Å². The number of ether oxygens (including phenoxy) is 2.